The minimum Gasteiger partial charge on any atom is -0.436 e. The Kier molecular flexibility index (Phi) is 5.73. The largest absolute Gasteiger partial charge is 0.436 e. The number of carbonyl (C=O) groups is 1. The zero-order chi connectivity index (χ0) is 22.0. The second-order valence-corrected chi connectivity index (χ2v) is 7.44. The fourth-order valence-corrected chi connectivity index (χ4v) is 3.27. The van der Waals surface area contributed by atoms with E-state index in [1.165, 1.54) is 16.8 Å². The molecule has 0 unspecified atom stereocenters. The van der Waals surface area contributed by atoms with Crippen molar-refractivity contribution in [3.05, 3.63) is 87.1 Å². The molecule has 0 saturated heterocycles. The minimum atomic E-state index is -0.462. The first kappa shape index (κ1) is 20.6. The molecule has 8 nitrogen and oxygen atoms in total. The van der Waals surface area contributed by atoms with Crippen LogP contribution in [-0.2, 0) is 17.9 Å². The summed E-state index contributed by atoms with van der Waals surface area (Å²) in [5.41, 5.74) is 2.59. The van der Waals surface area contributed by atoms with Gasteiger partial charge in [-0.1, -0.05) is 41.9 Å². The second-order valence-electron chi connectivity index (χ2n) is 7.03. The van der Waals surface area contributed by atoms with Crippen LogP contribution in [0.25, 0.3) is 5.65 Å². The summed E-state index contributed by atoms with van der Waals surface area (Å²) < 4.78 is 8.31. The number of nitrogens with zero attached hydrogens (tertiary/aromatic N) is 4. The van der Waals surface area contributed by atoms with E-state index in [9.17, 15) is 9.59 Å². The summed E-state index contributed by atoms with van der Waals surface area (Å²) >= 11 is 6.11. The molecule has 0 saturated carbocycles. The Morgan fingerprint density at radius 3 is 2.77 bits per heavy atom. The van der Waals surface area contributed by atoms with Crippen molar-refractivity contribution < 1.29 is 9.53 Å². The summed E-state index contributed by atoms with van der Waals surface area (Å²) in [6, 6.07) is 12.9. The zero-order valence-electron chi connectivity index (χ0n) is 17.0. The Morgan fingerprint density at radius 2 is 1.97 bits per heavy atom. The van der Waals surface area contributed by atoms with Gasteiger partial charge in [0, 0.05) is 24.0 Å². The van der Waals surface area contributed by atoms with E-state index >= 15 is 0 Å². The van der Waals surface area contributed by atoms with E-state index in [-0.39, 0.29) is 30.5 Å². The van der Waals surface area contributed by atoms with Crippen molar-refractivity contribution in [2.75, 3.05) is 0 Å². The Labute approximate surface area is 183 Å². The fourth-order valence-electron chi connectivity index (χ4n) is 3.07. The maximum atomic E-state index is 12.7. The highest BCUT2D eigenvalue weighted by molar-refractivity contribution is 6.31. The molecule has 1 amide bonds. The fraction of sp³-hybridized carbons (Fsp3) is 0.182. The van der Waals surface area contributed by atoms with Gasteiger partial charge in [0.2, 0.25) is 11.6 Å². The van der Waals surface area contributed by atoms with Crippen molar-refractivity contribution in [1.29, 1.82) is 0 Å². The Balaban J connectivity index is 1.56. The van der Waals surface area contributed by atoms with Crippen molar-refractivity contribution in [3.63, 3.8) is 0 Å². The highest BCUT2D eigenvalue weighted by Crippen LogP contribution is 2.27. The quantitative estimate of drug-likeness (QED) is 0.500. The first-order valence-electron chi connectivity index (χ1n) is 9.62. The van der Waals surface area contributed by atoms with Crippen LogP contribution in [0.1, 0.15) is 16.7 Å². The lowest BCUT2D eigenvalue weighted by Crippen LogP contribution is -2.32. The molecule has 0 aliphatic heterocycles. The number of aromatic nitrogens is 4. The van der Waals surface area contributed by atoms with Gasteiger partial charge >= 0.3 is 5.69 Å². The predicted molar refractivity (Wildman–Crippen MR) is 117 cm³/mol. The van der Waals surface area contributed by atoms with Gasteiger partial charge in [-0.2, -0.15) is 0 Å². The number of amides is 1. The van der Waals surface area contributed by atoms with E-state index in [1.54, 1.807) is 6.07 Å². The van der Waals surface area contributed by atoms with Crippen LogP contribution in [0.3, 0.4) is 0 Å². The summed E-state index contributed by atoms with van der Waals surface area (Å²) in [4.78, 5) is 29.3. The molecule has 0 fully saturated rings. The third kappa shape index (κ3) is 4.29. The monoisotopic (exact) mass is 437 g/mol. The Morgan fingerprint density at radius 1 is 1.16 bits per heavy atom. The minimum absolute atomic E-state index is 0.184. The van der Waals surface area contributed by atoms with Crippen molar-refractivity contribution in [3.8, 4) is 11.6 Å². The molecular weight excluding hydrogens is 418 g/mol. The number of hydrogen-bond acceptors (Lipinski definition) is 5. The molecule has 4 aromatic rings. The van der Waals surface area contributed by atoms with Gasteiger partial charge < -0.3 is 10.1 Å². The number of hydrogen-bond donors (Lipinski definition) is 1. The first-order chi connectivity index (χ1) is 14.9. The van der Waals surface area contributed by atoms with E-state index < -0.39 is 5.69 Å². The molecule has 0 aliphatic carbocycles. The second kappa shape index (κ2) is 8.61. The van der Waals surface area contributed by atoms with E-state index in [4.69, 9.17) is 16.3 Å². The number of nitrogens with one attached hydrogen (secondary N) is 1. The van der Waals surface area contributed by atoms with Crippen LogP contribution in [0, 0.1) is 13.8 Å². The van der Waals surface area contributed by atoms with Crippen molar-refractivity contribution >= 4 is 23.2 Å². The molecule has 0 spiro atoms. The SMILES string of the molecule is Cc1cccc(Oc2nccn3c(=O)n(CC(=O)NCc4ccccc4Cl)nc23)c1C. The molecule has 2 aromatic carbocycles. The third-order valence-corrected chi connectivity index (χ3v) is 5.33. The van der Waals surface area contributed by atoms with Crippen LogP contribution < -0.4 is 15.7 Å². The van der Waals surface area contributed by atoms with Crippen LogP contribution >= 0.6 is 11.6 Å². The topological polar surface area (TPSA) is 90.5 Å². The molecule has 2 aromatic heterocycles. The first-order valence-corrected chi connectivity index (χ1v) is 10.00. The van der Waals surface area contributed by atoms with Crippen LogP contribution in [0.2, 0.25) is 5.02 Å². The standard InChI is InChI=1S/C22H20ClN5O3/c1-14-6-5-9-18(15(14)2)31-21-20-26-28(22(30)27(20)11-10-24-21)13-19(29)25-12-16-7-3-4-8-17(16)23/h3-11H,12-13H2,1-2H3,(H,25,29). The molecule has 0 radical (unpaired) electrons. The Bertz CT molecular complexity index is 1330. The molecule has 4 rings (SSSR count). The molecule has 0 bridgehead atoms. The number of halogens is 1. The van der Waals surface area contributed by atoms with Crippen molar-refractivity contribution in [2.45, 2.75) is 26.9 Å². The summed E-state index contributed by atoms with van der Waals surface area (Å²) in [7, 11) is 0. The van der Waals surface area contributed by atoms with Gasteiger partial charge in [0.1, 0.15) is 12.3 Å². The van der Waals surface area contributed by atoms with Gasteiger partial charge in [-0.3, -0.25) is 4.79 Å². The average molecular weight is 438 g/mol. The van der Waals surface area contributed by atoms with Crippen LogP contribution in [0.5, 0.6) is 11.6 Å². The maximum Gasteiger partial charge on any atom is 0.351 e. The predicted octanol–water partition coefficient (Wildman–Crippen LogP) is 3.27. The van der Waals surface area contributed by atoms with Crippen LogP contribution in [-0.4, -0.2) is 25.1 Å². The highest BCUT2D eigenvalue weighted by Gasteiger charge is 2.16. The number of ether oxygens (including phenoxy) is 1. The van der Waals surface area contributed by atoms with Crippen molar-refractivity contribution in [1.82, 2.24) is 24.5 Å². The van der Waals surface area contributed by atoms with E-state index in [1.807, 2.05) is 50.2 Å². The summed E-state index contributed by atoms with van der Waals surface area (Å²) in [5, 5.41) is 7.58. The normalized spacial score (nSPS) is 10.9. The molecule has 31 heavy (non-hydrogen) atoms. The van der Waals surface area contributed by atoms with E-state index in [0.29, 0.717) is 10.8 Å². The number of fused-ring (bicyclic) bond motifs is 1. The summed E-state index contributed by atoms with van der Waals surface area (Å²) in [6.45, 7) is 3.94. The van der Waals surface area contributed by atoms with Gasteiger partial charge in [-0.25, -0.2) is 18.9 Å². The van der Waals surface area contributed by atoms with E-state index in [0.717, 1.165) is 21.4 Å². The van der Waals surface area contributed by atoms with Gasteiger partial charge in [-0.15, -0.1) is 5.10 Å². The summed E-state index contributed by atoms with van der Waals surface area (Å²) in [6.07, 6.45) is 2.94. The molecule has 0 aliphatic rings. The van der Waals surface area contributed by atoms with E-state index in [2.05, 4.69) is 15.4 Å². The molecular formula is C22H20ClN5O3. The lowest BCUT2D eigenvalue weighted by Gasteiger charge is -2.09. The average Bonchev–Trinajstić information content (AvgIpc) is 3.07. The van der Waals surface area contributed by atoms with Gasteiger partial charge in [0.25, 0.3) is 5.88 Å². The molecule has 2 heterocycles. The third-order valence-electron chi connectivity index (χ3n) is 4.96. The van der Waals surface area contributed by atoms with Gasteiger partial charge in [0.15, 0.2) is 0 Å². The molecule has 158 valence electrons. The van der Waals surface area contributed by atoms with Gasteiger partial charge in [0.05, 0.1) is 0 Å². The van der Waals surface area contributed by atoms with Crippen LogP contribution in [0.15, 0.2) is 59.7 Å². The number of benzene rings is 2. The molecule has 9 heteroatoms. The Hall–Kier alpha value is -3.65. The summed E-state index contributed by atoms with van der Waals surface area (Å²) in [5.74, 6) is 0.444. The van der Waals surface area contributed by atoms with Gasteiger partial charge in [-0.05, 0) is 42.7 Å². The molecule has 1 N–H and O–H groups in total. The molecule has 0 atom stereocenters. The van der Waals surface area contributed by atoms with Crippen molar-refractivity contribution in [2.24, 2.45) is 0 Å². The zero-order valence-corrected chi connectivity index (χ0v) is 17.8. The van der Waals surface area contributed by atoms with Crippen LogP contribution in [0.4, 0.5) is 0 Å². The lowest BCUT2D eigenvalue weighted by molar-refractivity contribution is -0.122. The highest BCUT2D eigenvalue weighted by atomic mass is 35.5. The number of carbonyl (C=O) groups excluding carboxylic acids is 1. The maximum absolute atomic E-state index is 12.7. The smallest absolute Gasteiger partial charge is 0.351 e. The lowest BCUT2D eigenvalue weighted by atomic mass is 10.1. The number of aryl methyl sites for hydroxylation is 1. The number of rotatable bonds is 6.